The minimum Gasteiger partial charge on any atom is -0.308 e. The fourth-order valence-corrected chi connectivity index (χ4v) is 1.44. The Morgan fingerprint density at radius 2 is 2.36 bits per heavy atom. The molecule has 56 valence electrons. The smallest absolute Gasteiger partial charge is 0.0728 e. The SMILES string of the molecule is c1cnsc2cc[nH][nH]c=2c1. The maximum Gasteiger partial charge on any atom is 0.0728 e. The van der Waals surface area contributed by atoms with Gasteiger partial charge in [-0.25, -0.2) is 4.37 Å². The van der Waals surface area contributed by atoms with Gasteiger partial charge in [0.05, 0.1) is 9.88 Å². The summed E-state index contributed by atoms with van der Waals surface area (Å²) in [5.74, 6) is 0. The summed E-state index contributed by atoms with van der Waals surface area (Å²) in [6.07, 6.45) is 3.62. The van der Waals surface area contributed by atoms with Gasteiger partial charge < -0.3 is 5.10 Å². The maximum atomic E-state index is 4.08. The van der Waals surface area contributed by atoms with Gasteiger partial charge in [-0.2, -0.15) is 0 Å². The van der Waals surface area contributed by atoms with Gasteiger partial charge in [0, 0.05) is 12.4 Å². The molecular formula is C7H7N3S. The lowest BCUT2D eigenvalue weighted by Crippen LogP contribution is -1.79. The van der Waals surface area contributed by atoms with E-state index in [9.17, 15) is 0 Å². The van der Waals surface area contributed by atoms with Gasteiger partial charge in [0.15, 0.2) is 0 Å². The van der Waals surface area contributed by atoms with Crippen molar-refractivity contribution in [3.8, 4) is 0 Å². The Morgan fingerprint density at radius 3 is 3.36 bits per heavy atom. The lowest BCUT2D eigenvalue weighted by Gasteiger charge is -1.85. The number of aromatic amines is 2. The highest BCUT2D eigenvalue weighted by atomic mass is 32.1. The molecule has 0 unspecified atom stereocenters. The number of hydrogen-bond donors (Lipinski definition) is 2. The van der Waals surface area contributed by atoms with Gasteiger partial charge in [0.25, 0.3) is 0 Å². The van der Waals surface area contributed by atoms with E-state index < -0.39 is 0 Å². The molecule has 0 saturated heterocycles. The Hall–Kier alpha value is -1.29. The van der Waals surface area contributed by atoms with Crippen LogP contribution in [0.5, 0.6) is 0 Å². The second kappa shape index (κ2) is 2.75. The number of nitrogens with one attached hydrogen (secondary N) is 2. The van der Waals surface area contributed by atoms with E-state index >= 15 is 0 Å². The molecule has 0 aromatic carbocycles. The van der Waals surface area contributed by atoms with E-state index in [1.165, 1.54) is 11.5 Å². The highest BCUT2D eigenvalue weighted by molar-refractivity contribution is 7.03. The van der Waals surface area contributed by atoms with Crippen LogP contribution >= 0.6 is 11.5 Å². The predicted octanol–water partition coefficient (Wildman–Crippen LogP) is 1.65. The Labute approximate surface area is 67.2 Å². The molecule has 2 aliphatic heterocycles. The second-order valence-electron chi connectivity index (χ2n) is 2.09. The van der Waals surface area contributed by atoms with E-state index in [-0.39, 0.29) is 0 Å². The molecule has 0 fully saturated rings. The standard InChI is InChI=1S/C7H7N3S/c1-2-6-7(11-9-4-1)3-5-8-10-6/h1-5,8,10H. The number of hydrogen-bond acceptors (Lipinski definition) is 2. The molecule has 2 aliphatic rings. The quantitative estimate of drug-likeness (QED) is 0.612. The molecule has 0 saturated carbocycles. The lowest BCUT2D eigenvalue weighted by atomic mass is 10.5. The molecule has 0 atom stereocenters. The zero-order valence-electron chi connectivity index (χ0n) is 5.74. The summed E-state index contributed by atoms with van der Waals surface area (Å²) in [5, 5.41) is 6.98. The van der Waals surface area contributed by atoms with E-state index in [0.717, 1.165) is 9.88 Å². The number of H-pyrrole nitrogens is 2. The van der Waals surface area contributed by atoms with Crippen molar-refractivity contribution in [2.45, 2.75) is 0 Å². The van der Waals surface area contributed by atoms with Crippen LogP contribution in [0.3, 0.4) is 0 Å². The summed E-state index contributed by atoms with van der Waals surface area (Å²) in [7, 11) is 0. The molecule has 0 amide bonds. The van der Waals surface area contributed by atoms with Crippen LogP contribution in [0.4, 0.5) is 0 Å². The average molecular weight is 165 g/mol. The average Bonchev–Trinajstić information content (AvgIpc) is 2.28. The minimum absolute atomic E-state index is 1.06. The van der Waals surface area contributed by atoms with Crippen LogP contribution in [0, 0.1) is 9.88 Å². The summed E-state index contributed by atoms with van der Waals surface area (Å²) in [4.78, 5) is 0. The molecule has 0 aliphatic carbocycles. The van der Waals surface area contributed by atoms with Crippen LogP contribution in [0.15, 0.2) is 30.6 Å². The number of aromatic nitrogens is 3. The Morgan fingerprint density at radius 1 is 1.36 bits per heavy atom. The third-order valence-electron chi connectivity index (χ3n) is 1.35. The molecule has 2 rings (SSSR count). The van der Waals surface area contributed by atoms with E-state index in [1.807, 2.05) is 24.4 Å². The lowest BCUT2D eigenvalue weighted by molar-refractivity contribution is 0.996. The van der Waals surface area contributed by atoms with Crippen molar-refractivity contribution < 1.29 is 0 Å². The highest BCUT2D eigenvalue weighted by Crippen LogP contribution is 1.95. The number of rotatable bonds is 0. The van der Waals surface area contributed by atoms with Gasteiger partial charge >= 0.3 is 0 Å². The van der Waals surface area contributed by atoms with Gasteiger partial charge in [-0.05, 0) is 29.7 Å². The van der Waals surface area contributed by atoms with Crippen LogP contribution in [0.25, 0.3) is 0 Å². The minimum atomic E-state index is 1.06. The Balaban J connectivity index is 3.02. The summed E-state index contributed by atoms with van der Waals surface area (Å²) in [5.41, 5.74) is 0. The normalized spacial score (nSPS) is 9.82. The van der Waals surface area contributed by atoms with E-state index in [2.05, 4.69) is 14.6 Å². The van der Waals surface area contributed by atoms with Crippen LogP contribution < -0.4 is 0 Å². The number of nitrogens with zero attached hydrogens (tertiary/aromatic N) is 1. The van der Waals surface area contributed by atoms with Gasteiger partial charge in [-0.3, -0.25) is 5.10 Å². The first-order valence-corrected chi connectivity index (χ1v) is 4.03. The largest absolute Gasteiger partial charge is 0.308 e. The van der Waals surface area contributed by atoms with Gasteiger partial charge in [0.1, 0.15) is 0 Å². The van der Waals surface area contributed by atoms with E-state index in [0.29, 0.717) is 0 Å². The first-order chi connectivity index (χ1) is 5.47. The summed E-state index contributed by atoms with van der Waals surface area (Å²) in [6.45, 7) is 0. The summed E-state index contributed by atoms with van der Waals surface area (Å²) in [6, 6.07) is 5.88. The molecule has 3 nitrogen and oxygen atoms in total. The molecule has 0 bridgehead atoms. The second-order valence-corrected chi connectivity index (χ2v) is 2.92. The van der Waals surface area contributed by atoms with Crippen molar-refractivity contribution in [3.05, 3.63) is 40.5 Å². The van der Waals surface area contributed by atoms with E-state index in [1.54, 1.807) is 6.20 Å². The fraction of sp³-hybridized carbons (Fsp3) is 0. The van der Waals surface area contributed by atoms with Crippen molar-refractivity contribution >= 4 is 11.5 Å². The van der Waals surface area contributed by atoms with Crippen molar-refractivity contribution in [2.75, 3.05) is 0 Å². The molecule has 4 heteroatoms. The Kier molecular flexibility index (Phi) is 1.61. The molecule has 0 aromatic heterocycles. The van der Waals surface area contributed by atoms with Crippen molar-refractivity contribution in [1.29, 1.82) is 0 Å². The van der Waals surface area contributed by atoms with Crippen LogP contribution in [0.1, 0.15) is 0 Å². The van der Waals surface area contributed by atoms with Crippen LogP contribution in [-0.4, -0.2) is 14.6 Å². The van der Waals surface area contributed by atoms with Gasteiger partial charge in [-0.15, -0.1) is 0 Å². The molecule has 0 spiro atoms. The topological polar surface area (TPSA) is 44.5 Å². The molecule has 0 aromatic rings. The summed E-state index contributed by atoms with van der Waals surface area (Å²) >= 11 is 1.47. The third-order valence-corrected chi connectivity index (χ3v) is 2.13. The van der Waals surface area contributed by atoms with Gasteiger partial charge in [0.2, 0.25) is 0 Å². The first-order valence-electron chi connectivity index (χ1n) is 3.26. The molecular weight excluding hydrogens is 158 g/mol. The monoisotopic (exact) mass is 165 g/mol. The Bertz CT molecular complexity index is 385. The highest BCUT2D eigenvalue weighted by Gasteiger charge is 1.81. The zero-order chi connectivity index (χ0) is 7.52. The summed E-state index contributed by atoms with van der Waals surface area (Å²) < 4.78 is 5.22. The molecule has 0 radical (unpaired) electrons. The van der Waals surface area contributed by atoms with Gasteiger partial charge in [-0.1, -0.05) is 0 Å². The maximum absolute atomic E-state index is 4.08. The van der Waals surface area contributed by atoms with Crippen molar-refractivity contribution in [3.63, 3.8) is 0 Å². The van der Waals surface area contributed by atoms with Crippen molar-refractivity contribution in [2.24, 2.45) is 0 Å². The van der Waals surface area contributed by atoms with E-state index in [4.69, 9.17) is 0 Å². The molecule has 2 heterocycles. The van der Waals surface area contributed by atoms with Crippen LogP contribution in [-0.2, 0) is 0 Å². The molecule has 2 N–H and O–H groups in total. The predicted molar refractivity (Wildman–Crippen MR) is 43.7 cm³/mol. The third kappa shape index (κ3) is 1.25. The van der Waals surface area contributed by atoms with Crippen molar-refractivity contribution in [1.82, 2.24) is 14.6 Å². The fourth-order valence-electron chi connectivity index (χ4n) is 0.853. The zero-order valence-corrected chi connectivity index (χ0v) is 6.56. The van der Waals surface area contributed by atoms with Crippen LogP contribution in [0.2, 0.25) is 0 Å². The molecule has 11 heavy (non-hydrogen) atoms. The first kappa shape index (κ1) is 6.42.